The monoisotopic (exact) mass is 263 g/mol. The molecule has 2 aromatic rings. The molecule has 0 unspecified atom stereocenters. The molecule has 0 fully saturated rings. The fourth-order valence-electron chi connectivity index (χ4n) is 1.81. The van der Waals surface area contributed by atoms with Gasteiger partial charge in [0, 0.05) is 17.6 Å². The van der Waals surface area contributed by atoms with Gasteiger partial charge in [-0.05, 0) is 42.3 Å². The van der Waals surface area contributed by atoms with Gasteiger partial charge in [-0.2, -0.15) is 0 Å². The van der Waals surface area contributed by atoms with Crippen molar-refractivity contribution >= 4 is 11.6 Å². The van der Waals surface area contributed by atoms with Crippen molar-refractivity contribution in [1.82, 2.24) is 5.32 Å². The summed E-state index contributed by atoms with van der Waals surface area (Å²) in [5, 5.41) is 4.07. The Morgan fingerprint density at radius 2 is 1.94 bits per heavy atom. The fourth-order valence-corrected chi connectivity index (χ4v) is 2.01. The van der Waals surface area contributed by atoms with E-state index in [1.165, 1.54) is 12.1 Å². The van der Waals surface area contributed by atoms with E-state index >= 15 is 0 Å². The van der Waals surface area contributed by atoms with Gasteiger partial charge in [-0.15, -0.1) is 0 Å². The van der Waals surface area contributed by atoms with Crippen molar-refractivity contribution in [2.45, 2.75) is 19.5 Å². The molecule has 0 aromatic heterocycles. The van der Waals surface area contributed by atoms with Crippen molar-refractivity contribution in [2.24, 2.45) is 0 Å². The molecule has 0 radical (unpaired) electrons. The van der Waals surface area contributed by atoms with Gasteiger partial charge in [-0.3, -0.25) is 0 Å². The molecular formula is C15H15ClFN. The van der Waals surface area contributed by atoms with Gasteiger partial charge in [-0.25, -0.2) is 4.39 Å². The topological polar surface area (TPSA) is 12.0 Å². The molecule has 0 aliphatic carbocycles. The zero-order valence-electron chi connectivity index (χ0n) is 10.2. The molecule has 2 aromatic carbocycles. The number of halogens is 2. The smallest absolute Gasteiger partial charge is 0.123 e. The summed E-state index contributed by atoms with van der Waals surface area (Å²) in [4.78, 5) is 0. The largest absolute Gasteiger partial charge is 0.306 e. The maximum Gasteiger partial charge on any atom is 0.123 e. The lowest BCUT2D eigenvalue weighted by Gasteiger charge is -2.14. The molecule has 1 atom stereocenters. The van der Waals surface area contributed by atoms with Crippen LogP contribution in [0.25, 0.3) is 0 Å². The molecule has 94 valence electrons. The predicted octanol–water partition coefficient (Wildman–Crippen LogP) is 4.33. The first kappa shape index (κ1) is 13.1. The second kappa shape index (κ2) is 5.98. The summed E-state index contributed by atoms with van der Waals surface area (Å²) in [6.07, 6.45) is 0. The zero-order chi connectivity index (χ0) is 13.0. The van der Waals surface area contributed by atoms with Crippen LogP contribution < -0.4 is 5.32 Å². The summed E-state index contributed by atoms with van der Waals surface area (Å²) in [5.41, 5.74) is 2.06. The van der Waals surface area contributed by atoms with Crippen LogP contribution in [0.5, 0.6) is 0 Å². The minimum Gasteiger partial charge on any atom is -0.306 e. The Bertz CT molecular complexity index is 527. The lowest BCUT2D eigenvalue weighted by atomic mass is 10.1. The van der Waals surface area contributed by atoms with E-state index in [9.17, 15) is 4.39 Å². The van der Waals surface area contributed by atoms with Crippen LogP contribution in [-0.4, -0.2) is 0 Å². The van der Waals surface area contributed by atoms with E-state index < -0.39 is 0 Å². The molecule has 0 amide bonds. The third kappa shape index (κ3) is 3.56. The van der Waals surface area contributed by atoms with E-state index in [0.29, 0.717) is 6.54 Å². The van der Waals surface area contributed by atoms with Crippen molar-refractivity contribution in [3.05, 3.63) is 70.5 Å². The SMILES string of the molecule is C[C@H](NCc1cccc(F)c1)c1cccc(Cl)c1. The third-order valence-corrected chi connectivity index (χ3v) is 3.09. The Kier molecular flexibility index (Phi) is 4.34. The number of nitrogens with one attached hydrogen (secondary N) is 1. The van der Waals surface area contributed by atoms with Crippen LogP contribution in [0.2, 0.25) is 5.02 Å². The van der Waals surface area contributed by atoms with Crippen molar-refractivity contribution in [1.29, 1.82) is 0 Å². The first-order chi connectivity index (χ1) is 8.65. The fraction of sp³-hybridized carbons (Fsp3) is 0.200. The summed E-state index contributed by atoms with van der Waals surface area (Å²) in [6.45, 7) is 2.69. The molecule has 2 rings (SSSR count). The van der Waals surface area contributed by atoms with E-state index in [1.54, 1.807) is 6.07 Å². The Morgan fingerprint density at radius 1 is 1.17 bits per heavy atom. The van der Waals surface area contributed by atoms with E-state index in [0.717, 1.165) is 16.1 Å². The molecule has 0 aliphatic heterocycles. The molecule has 1 N–H and O–H groups in total. The minimum absolute atomic E-state index is 0.173. The predicted molar refractivity (Wildman–Crippen MR) is 73.1 cm³/mol. The van der Waals surface area contributed by atoms with Crippen LogP contribution in [0.15, 0.2) is 48.5 Å². The second-order valence-corrected chi connectivity index (χ2v) is 4.72. The van der Waals surface area contributed by atoms with Crippen LogP contribution >= 0.6 is 11.6 Å². The number of hydrogen-bond donors (Lipinski definition) is 1. The molecule has 1 nitrogen and oxygen atoms in total. The number of benzene rings is 2. The van der Waals surface area contributed by atoms with Crippen molar-refractivity contribution in [3.63, 3.8) is 0 Å². The second-order valence-electron chi connectivity index (χ2n) is 4.29. The van der Waals surface area contributed by atoms with Gasteiger partial charge in [0.2, 0.25) is 0 Å². The molecule has 0 spiro atoms. The first-order valence-corrected chi connectivity index (χ1v) is 6.26. The number of hydrogen-bond acceptors (Lipinski definition) is 1. The molecule has 0 heterocycles. The quantitative estimate of drug-likeness (QED) is 0.866. The molecule has 0 bridgehead atoms. The number of rotatable bonds is 4. The lowest BCUT2D eigenvalue weighted by molar-refractivity contribution is 0.569. The molecular weight excluding hydrogens is 249 g/mol. The van der Waals surface area contributed by atoms with Gasteiger partial charge in [0.25, 0.3) is 0 Å². The summed E-state index contributed by atoms with van der Waals surface area (Å²) in [6, 6.07) is 14.5. The molecule has 0 aliphatic rings. The van der Waals surface area contributed by atoms with Crippen LogP contribution in [0.4, 0.5) is 4.39 Å². The van der Waals surface area contributed by atoms with Crippen LogP contribution in [0.3, 0.4) is 0 Å². The Balaban J connectivity index is 1.98. The van der Waals surface area contributed by atoms with Crippen LogP contribution in [0, 0.1) is 5.82 Å². The molecule has 3 heteroatoms. The Hall–Kier alpha value is -1.38. The summed E-state index contributed by atoms with van der Waals surface area (Å²) in [5.74, 6) is -0.204. The van der Waals surface area contributed by atoms with Gasteiger partial charge < -0.3 is 5.32 Å². The summed E-state index contributed by atoms with van der Waals surface area (Å²) in [7, 11) is 0. The van der Waals surface area contributed by atoms with Crippen molar-refractivity contribution in [2.75, 3.05) is 0 Å². The average Bonchev–Trinajstić information content (AvgIpc) is 2.36. The maximum absolute atomic E-state index is 13.0. The van der Waals surface area contributed by atoms with Gasteiger partial charge >= 0.3 is 0 Å². The van der Waals surface area contributed by atoms with Gasteiger partial charge in [0.15, 0.2) is 0 Å². The lowest BCUT2D eigenvalue weighted by Crippen LogP contribution is -2.18. The van der Waals surface area contributed by atoms with Crippen LogP contribution in [0.1, 0.15) is 24.1 Å². The van der Waals surface area contributed by atoms with E-state index in [1.807, 2.05) is 30.3 Å². The van der Waals surface area contributed by atoms with Gasteiger partial charge in [-0.1, -0.05) is 35.9 Å². The van der Waals surface area contributed by atoms with Crippen molar-refractivity contribution < 1.29 is 4.39 Å². The van der Waals surface area contributed by atoms with E-state index in [-0.39, 0.29) is 11.9 Å². The normalized spacial score (nSPS) is 12.4. The summed E-state index contributed by atoms with van der Waals surface area (Å²) >= 11 is 5.95. The highest BCUT2D eigenvalue weighted by atomic mass is 35.5. The minimum atomic E-state index is -0.204. The summed E-state index contributed by atoms with van der Waals surface area (Å²) < 4.78 is 13.0. The van der Waals surface area contributed by atoms with Gasteiger partial charge in [0.05, 0.1) is 0 Å². The highest BCUT2D eigenvalue weighted by Gasteiger charge is 2.05. The molecule has 0 saturated carbocycles. The van der Waals surface area contributed by atoms with Crippen LogP contribution in [-0.2, 0) is 6.54 Å². The average molecular weight is 264 g/mol. The first-order valence-electron chi connectivity index (χ1n) is 5.88. The highest BCUT2D eigenvalue weighted by Crippen LogP contribution is 2.17. The zero-order valence-corrected chi connectivity index (χ0v) is 10.9. The molecule has 0 saturated heterocycles. The standard InChI is InChI=1S/C15H15ClFN/c1-11(13-5-3-6-14(16)9-13)18-10-12-4-2-7-15(17)8-12/h2-9,11,18H,10H2,1H3/t11-/m0/s1. The molecule has 18 heavy (non-hydrogen) atoms. The van der Waals surface area contributed by atoms with Crippen molar-refractivity contribution in [3.8, 4) is 0 Å². The maximum atomic E-state index is 13.0. The Labute approximate surface area is 112 Å². The highest BCUT2D eigenvalue weighted by molar-refractivity contribution is 6.30. The van der Waals surface area contributed by atoms with Gasteiger partial charge in [0.1, 0.15) is 5.82 Å². The van der Waals surface area contributed by atoms with E-state index in [2.05, 4.69) is 12.2 Å². The Morgan fingerprint density at radius 3 is 2.67 bits per heavy atom. The third-order valence-electron chi connectivity index (χ3n) is 2.85. The van der Waals surface area contributed by atoms with E-state index in [4.69, 9.17) is 11.6 Å².